The third kappa shape index (κ3) is 8.44. The van der Waals surface area contributed by atoms with E-state index in [0.29, 0.717) is 23.0 Å². The first-order valence-corrected chi connectivity index (χ1v) is 19.0. The molecule has 0 saturated heterocycles. The molecular weight excluding hydrogens is 709 g/mol. The van der Waals surface area contributed by atoms with Gasteiger partial charge in [0.25, 0.3) is 11.8 Å². The summed E-state index contributed by atoms with van der Waals surface area (Å²) in [5.74, 6) is 2.21. The molecule has 56 heavy (non-hydrogen) atoms. The van der Waals surface area contributed by atoms with Crippen LogP contribution in [0.1, 0.15) is 89.7 Å². The Morgan fingerprint density at radius 3 is 1.41 bits per heavy atom. The van der Waals surface area contributed by atoms with Gasteiger partial charge in [0, 0.05) is 10.8 Å². The van der Waals surface area contributed by atoms with Crippen molar-refractivity contribution in [3.8, 4) is 23.0 Å². The van der Waals surface area contributed by atoms with E-state index in [0.717, 1.165) is 32.9 Å². The second kappa shape index (κ2) is 15.2. The molecule has 0 fully saturated rings. The fraction of sp³-hybridized carbons (Fsp3) is 0.364. The highest BCUT2D eigenvalue weighted by Gasteiger charge is 2.31. The van der Waals surface area contributed by atoms with Crippen molar-refractivity contribution in [1.82, 2.24) is 31.0 Å². The SMILES string of the molecule is CC(NC(=O)[C@@H]1COc2cc(C(C)(C)C)ccc2O1)c1ccc2[nH]ncc2c1.CC(NC(=O)[C@H]1COc2cc(C(C)(C)C)ccc2O1)c1ccc2[nH]ncc2c1. The van der Waals surface area contributed by atoms with Crippen LogP contribution in [0.3, 0.4) is 0 Å². The van der Waals surface area contributed by atoms with Crippen molar-refractivity contribution >= 4 is 33.6 Å². The number of H-pyrrole nitrogens is 2. The molecule has 4 aromatic carbocycles. The lowest BCUT2D eigenvalue weighted by Gasteiger charge is -2.28. The summed E-state index contributed by atoms with van der Waals surface area (Å²) in [5.41, 5.74) is 6.34. The Kier molecular flexibility index (Phi) is 10.4. The van der Waals surface area contributed by atoms with Gasteiger partial charge < -0.3 is 29.6 Å². The van der Waals surface area contributed by atoms with Crippen LogP contribution in [0.2, 0.25) is 0 Å². The summed E-state index contributed by atoms with van der Waals surface area (Å²) in [6.45, 7) is 17.2. The molecule has 0 saturated carbocycles. The van der Waals surface area contributed by atoms with Crippen LogP contribution < -0.4 is 29.6 Å². The molecule has 8 rings (SSSR count). The highest BCUT2D eigenvalue weighted by Crippen LogP contribution is 2.38. The number of nitrogens with zero attached hydrogens (tertiary/aromatic N) is 2. The summed E-state index contributed by atoms with van der Waals surface area (Å²) in [6, 6.07) is 23.4. The number of benzene rings is 4. The van der Waals surface area contributed by atoms with Crippen LogP contribution in [0.25, 0.3) is 21.8 Å². The molecule has 2 aliphatic heterocycles. The van der Waals surface area contributed by atoms with Gasteiger partial charge in [-0.15, -0.1) is 0 Å². The van der Waals surface area contributed by atoms with Crippen LogP contribution in [0, 0.1) is 0 Å². The minimum absolute atomic E-state index is 0.0259. The molecule has 2 amide bonds. The van der Waals surface area contributed by atoms with Gasteiger partial charge >= 0.3 is 0 Å². The van der Waals surface area contributed by atoms with E-state index < -0.39 is 12.2 Å². The summed E-state index contributed by atoms with van der Waals surface area (Å²) in [6.07, 6.45) is 2.20. The maximum absolute atomic E-state index is 12.7. The van der Waals surface area contributed by atoms with Crippen molar-refractivity contribution in [3.05, 3.63) is 107 Å². The third-order valence-electron chi connectivity index (χ3n) is 10.2. The van der Waals surface area contributed by atoms with Gasteiger partial charge in [0.05, 0.1) is 35.5 Å². The van der Waals surface area contributed by atoms with Crippen LogP contribution >= 0.6 is 0 Å². The van der Waals surface area contributed by atoms with Crippen molar-refractivity contribution in [3.63, 3.8) is 0 Å². The largest absolute Gasteiger partial charge is 0.485 e. The molecule has 2 aliphatic rings. The minimum atomic E-state index is -0.673. The monoisotopic (exact) mass is 758 g/mol. The number of ether oxygens (including phenoxy) is 4. The van der Waals surface area contributed by atoms with Crippen LogP contribution in [0.15, 0.2) is 85.2 Å². The fourth-order valence-electron chi connectivity index (χ4n) is 6.57. The predicted octanol–water partition coefficient (Wildman–Crippen LogP) is 7.76. The number of nitrogens with one attached hydrogen (secondary N) is 4. The molecule has 6 aromatic rings. The Hall–Kier alpha value is -6.04. The van der Waals surface area contributed by atoms with E-state index in [4.69, 9.17) is 18.9 Å². The minimum Gasteiger partial charge on any atom is -0.485 e. The van der Waals surface area contributed by atoms with Gasteiger partial charge in [0.15, 0.2) is 23.0 Å². The van der Waals surface area contributed by atoms with Crippen LogP contribution in [0.4, 0.5) is 0 Å². The maximum atomic E-state index is 12.7. The fourth-order valence-corrected chi connectivity index (χ4v) is 6.57. The standard InChI is InChI=1S/2C22H25N3O3/c2*1-13(14-5-7-17-15(9-14)11-23-25-17)24-21(26)20-12-27-19-10-16(22(2,3)4)6-8-18(19)28-20/h2*5-11,13,20H,12H2,1-4H3,(H,23,25)(H,24,26)/t2*13?,20-/m10/s1. The summed E-state index contributed by atoms with van der Waals surface area (Å²) in [7, 11) is 0. The van der Waals surface area contributed by atoms with Gasteiger partial charge in [0.1, 0.15) is 13.2 Å². The summed E-state index contributed by atoms with van der Waals surface area (Å²) >= 11 is 0. The lowest BCUT2D eigenvalue weighted by molar-refractivity contribution is -0.131. The van der Waals surface area contributed by atoms with Crippen molar-refractivity contribution in [1.29, 1.82) is 0 Å². The van der Waals surface area contributed by atoms with E-state index in [9.17, 15) is 9.59 Å². The molecule has 4 atom stereocenters. The van der Waals surface area contributed by atoms with Gasteiger partial charge in [-0.3, -0.25) is 19.8 Å². The van der Waals surface area contributed by atoms with Crippen LogP contribution in [-0.2, 0) is 20.4 Å². The quantitative estimate of drug-likeness (QED) is 0.135. The molecule has 2 unspecified atom stereocenters. The Morgan fingerprint density at radius 1 is 0.607 bits per heavy atom. The van der Waals surface area contributed by atoms with E-state index >= 15 is 0 Å². The first-order valence-electron chi connectivity index (χ1n) is 19.0. The van der Waals surface area contributed by atoms with Gasteiger partial charge in [-0.25, -0.2) is 0 Å². The average Bonchev–Trinajstić information content (AvgIpc) is 3.86. The Bertz CT molecular complexity index is 2200. The lowest BCUT2D eigenvalue weighted by Crippen LogP contribution is -2.44. The first-order chi connectivity index (χ1) is 26.6. The summed E-state index contributed by atoms with van der Waals surface area (Å²) in [4.78, 5) is 25.4. The highest BCUT2D eigenvalue weighted by molar-refractivity contribution is 5.84. The number of aromatic amines is 2. The topological polar surface area (TPSA) is 152 Å². The number of carbonyl (C=O) groups is 2. The number of rotatable bonds is 6. The number of hydrogen-bond acceptors (Lipinski definition) is 8. The molecule has 0 spiro atoms. The van der Waals surface area contributed by atoms with Crippen molar-refractivity contribution in [2.24, 2.45) is 0 Å². The lowest BCUT2D eigenvalue weighted by atomic mass is 9.87. The van der Waals surface area contributed by atoms with Gasteiger partial charge in [0.2, 0.25) is 12.2 Å². The molecule has 0 radical (unpaired) electrons. The van der Waals surface area contributed by atoms with Crippen molar-refractivity contribution in [2.45, 2.75) is 90.5 Å². The van der Waals surface area contributed by atoms with Crippen LogP contribution in [0.5, 0.6) is 23.0 Å². The molecule has 12 heteroatoms. The Morgan fingerprint density at radius 2 is 1.02 bits per heavy atom. The number of amides is 2. The van der Waals surface area contributed by atoms with E-state index in [2.05, 4.69) is 72.6 Å². The van der Waals surface area contributed by atoms with Gasteiger partial charge in [-0.1, -0.05) is 65.8 Å². The number of aromatic nitrogens is 4. The maximum Gasteiger partial charge on any atom is 0.265 e. The first kappa shape index (κ1) is 38.2. The van der Waals surface area contributed by atoms with Crippen molar-refractivity contribution < 1.29 is 28.5 Å². The third-order valence-corrected chi connectivity index (χ3v) is 10.2. The van der Waals surface area contributed by atoms with E-state index in [1.165, 1.54) is 11.1 Å². The zero-order chi connectivity index (χ0) is 39.8. The second-order valence-corrected chi connectivity index (χ2v) is 16.6. The molecule has 4 heterocycles. The van der Waals surface area contributed by atoms with E-state index in [1.54, 1.807) is 12.4 Å². The average molecular weight is 759 g/mol. The van der Waals surface area contributed by atoms with Crippen molar-refractivity contribution in [2.75, 3.05) is 13.2 Å². The number of fused-ring (bicyclic) bond motifs is 4. The summed E-state index contributed by atoms with van der Waals surface area (Å²) in [5, 5.41) is 22.0. The molecule has 2 aromatic heterocycles. The molecule has 0 bridgehead atoms. The normalized spacial score (nSPS) is 17.4. The van der Waals surface area contributed by atoms with E-state index in [1.807, 2.05) is 86.6 Å². The molecule has 4 N–H and O–H groups in total. The zero-order valence-corrected chi connectivity index (χ0v) is 33.2. The second-order valence-electron chi connectivity index (χ2n) is 16.6. The van der Waals surface area contributed by atoms with E-state index in [-0.39, 0.29) is 47.9 Å². The number of carbonyl (C=O) groups excluding carboxylic acids is 2. The number of hydrogen-bond donors (Lipinski definition) is 4. The Balaban J connectivity index is 0.000000172. The van der Waals surface area contributed by atoms with Crippen LogP contribution in [-0.4, -0.2) is 57.6 Å². The van der Waals surface area contributed by atoms with Gasteiger partial charge in [-0.05, 0) is 95.5 Å². The molecular formula is C44H50N6O6. The molecule has 0 aliphatic carbocycles. The predicted molar refractivity (Wildman–Crippen MR) is 215 cm³/mol. The smallest absolute Gasteiger partial charge is 0.265 e. The molecule has 292 valence electrons. The van der Waals surface area contributed by atoms with Gasteiger partial charge in [-0.2, -0.15) is 10.2 Å². The Labute approximate surface area is 326 Å². The molecule has 12 nitrogen and oxygen atoms in total. The summed E-state index contributed by atoms with van der Waals surface area (Å²) < 4.78 is 23.5. The zero-order valence-electron chi connectivity index (χ0n) is 33.2. The highest BCUT2D eigenvalue weighted by atomic mass is 16.6.